The number of imide groups is 2. The van der Waals surface area contributed by atoms with Gasteiger partial charge in [0, 0.05) is 31.7 Å². The fraction of sp³-hybridized carbons (Fsp3) is 0.542. The fourth-order valence-corrected chi connectivity index (χ4v) is 4.56. The van der Waals surface area contributed by atoms with Gasteiger partial charge in [0.2, 0.25) is 11.8 Å². The maximum absolute atomic E-state index is 13.2. The molecule has 5 amide bonds. The summed E-state index contributed by atoms with van der Waals surface area (Å²) in [5, 5.41) is 5.50. The number of nitrogens with zero attached hydrogens (tertiary/aromatic N) is 2. The third kappa shape index (κ3) is 4.76. The Morgan fingerprint density at radius 3 is 2.44 bits per heavy atom. The van der Waals surface area contributed by atoms with Gasteiger partial charge in [0.05, 0.1) is 11.1 Å². The smallest absolute Gasteiger partial charge is 0.410 e. The number of likely N-dealkylation sites (tertiary alicyclic amines) is 1. The average molecular weight is 471 g/mol. The third-order valence-corrected chi connectivity index (χ3v) is 6.32. The highest BCUT2D eigenvalue weighted by Gasteiger charge is 2.45. The van der Waals surface area contributed by atoms with E-state index in [1.807, 2.05) is 20.8 Å². The molecule has 0 spiro atoms. The predicted molar refractivity (Wildman–Crippen MR) is 122 cm³/mol. The minimum absolute atomic E-state index is 0.0803. The number of benzene rings is 1. The molecule has 0 aliphatic carbocycles. The molecule has 0 saturated carbocycles. The van der Waals surface area contributed by atoms with Crippen LogP contribution in [0.3, 0.4) is 0 Å². The third-order valence-electron chi connectivity index (χ3n) is 6.32. The number of ether oxygens (including phenoxy) is 1. The summed E-state index contributed by atoms with van der Waals surface area (Å²) in [6, 6.07) is 4.03. The SMILES string of the molecule is CC(C)(C)OC(=O)N1CCC(CNc2cccc3c2C(=O)N(C2CCC(=O)NC2=O)C3=O)CC1. The summed E-state index contributed by atoms with van der Waals surface area (Å²) >= 11 is 0. The lowest BCUT2D eigenvalue weighted by Gasteiger charge is -2.33. The quantitative estimate of drug-likeness (QED) is 0.646. The van der Waals surface area contributed by atoms with Crippen molar-refractivity contribution >= 4 is 35.4 Å². The monoisotopic (exact) mass is 470 g/mol. The zero-order valence-corrected chi connectivity index (χ0v) is 19.7. The Morgan fingerprint density at radius 2 is 1.79 bits per heavy atom. The standard InChI is InChI=1S/C24H30N4O6/c1-24(2,3)34-23(33)27-11-9-14(10-12-27)13-25-16-6-4-5-15-19(16)22(32)28(21(15)31)17-7-8-18(29)26-20(17)30/h4-6,14,17,25H,7-13H2,1-3H3,(H,26,29,30). The summed E-state index contributed by atoms with van der Waals surface area (Å²) in [4.78, 5) is 64.8. The van der Waals surface area contributed by atoms with Crippen molar-refractivity contribution in [3.05, 3.63) is 29.3 Å². The summed E-state index contributed by atoms with van der Waals surface area (Å²) in [7, 11) is 0. The van der Waals surface area contributed by atoms with Crippen LogP contribution < -0.4 is 10.6 Å². The Labute approximate surface area is 198 Å². The molecule has 3 aliphatic rings. The molecule has 4 rings (SSSR count). The van der Waals surface area contributed by atoms with Gasteiger partial charge in [-0.3, -0.25) is 29.4 Å². The van der Waals surface area contributed by atoms with Crippen molar-refractivity contribution in [1.82, 2.24) is 15.1 Å². The number of amides is 5. The second-order valence-electron chi connectivity index (χ2n) is 9.97. The molecule has 1 aromatic carbocycles. The largest absolute Gasteiger partial charge is 0.444 e. The first kappa shape index (κ1) is 23.7. The molecule has 182 valence electrons. The van der Waals surface area contributed by atoms with Gasteiger partial charge in [-0.15, -0.1) is 0 Å². The summed E-state index contributed by atoms with van der Waals surface area (Å²) in [5.74, 6) is -1.80. The van der Waals surface area contributed by atoms with E-state index in [1.54, 1.807) is 23.1 Å². The molecule has 1 aromatic rings. The highest BCUT2D eigenvalue weighted by atomic mass is 16.6. The van der Waals surface area contributed by atoms with E-state index < -0.39 is 35.3 Å². The van der Waals surface area contributed by atoms with E-state index >= 15 is 0 Å². The van der Waals surface area contributed by atoms with Crippen molar-refractivity contribution in [3.63, 3.8) is 0 Å². The maximum Gasteiger partial charge on any atom is 0.410 e. The van der Waals surface area contributed by atoms with Crippen molar-refractivity contribution in [1.29, 1.82) is 0 Å². The topological polar surface area (TPSA) is 125 Å². The maximum atomic E-state index is 13.2. The van der Waals surface area contributed by atoms with Gasteiger partial charge in [-0.2, -0.15) is 0 Å². The van der Waals surface area contributed by atoms with Crippen LogP contribution in [0, 0.1) is 5.92 Å². The van der Waals surface area contributed by atoms with Crippen LogP contribution in [0.25, 0.3) is 0 Å². The normalized spacial score (nSPS) is 21.4. The Kier molecular flexibility index (Phi) is 6.33. The van der Waals surface area contributed by atoms with Crippen LogP contribution in [0.4, 0.5) is 10.5 Å². The van der Waals surface area contributed by atoms with E-state index in [0.29, 0.717) is 25.3 Å². The number of piperidine rings is 2. The van der Waals surface area contributed by atoms with Crippen LogP contribution in [-0.4, -0.2) is 70.8 Å². The van der Waals surface area contributed by atoms with Gasteiger partial charge in [0.15, 0.2) is 0 Å². The molecule has 1 atom stereocenters. The van der Waals surface area contributed by atoms with Crippen LogP contribution in [0.5, 0.6) is 0 Å². The van der Waals surface area contributed by atoms with Gasteiger partial charge < -0.3 is 15.0 Å². The molecule has 10 heteroatoms. The van der Waals surface area contributed by atoms with Crippen LogP contribution in [0.2, 0.25) is 0 Å². The van der Waals surface area contributed by atoms with E-state index in [9.17, 15) is 24.0 Å². The first-order chi connectivity index (χ1) is 16.0. The molecule has 3 aliphatic heterocycles. The number of carbonyl (C=O) groups excluding carboxylic acids is 5. The van der Waals surface area contributed by atoms with Crippen molar-refractivity contribution < 1.29 is 28.7 Å². The number of carbonyl (C=O) groups is 5. The van der Waals surface area contributed by atoms with Crippen LogP contribution in [0.15, 0.2) is 18.2 Å². The van der Waals surface area contributed by atoms with Gasteiger partial charge in [0.25, 0.3) is 11.8 Å². The van der Waals surface area contributed by atoms with E-state index in [0.717, 1.165) is 17.7 Å². The number of nitrogens with one attached hydrogen (secondary N) is 2. The minimum Gasteiger partial charge on any atom is -0.444 e. The summed E-state index contributed by atoms with van der Waals surface area (Å²) in [6.45, 7) is 7.29. The van der Waals surface area contributed by atoms with E-state index in [4.69, 9.17) is 4.74 Å². The van der Waals surface area contributed by atoms with Gasteiger partial charge >= 0.3 is 6.09 Å². The molecule has 34 heavy (non-hydrogen) atoms. The number of fused-ring (bicyclic) bond motifs is 1. The molecule has 2 saturated heterocycles. The Hall–Kier alpha value is -3.43. The lowest BCUT2D eigenvalue weighted by molar-refractivity contribution is -0.136. The molecular formula is C24H30N4O6. The molecule has 0 aromatic heterocycles. The van der Waals surface area contributed by atoms with Crippen molar-refractivity contribution in [2.45, 2.75) is 58.1 Å². The van der Waals surface area contributed by atoms with Gasteiger partial charge in [0.1, 0.15) is 11.6 Å². The molecule has 2 fully saturated rings. The molecule has 0 bridgehead atoms. The summed E-state index contributed by atoms with van der Waals surface area (Å²) in [6.07, 6.45) is 1.47. The molecule has 3 heterocycles. The van der Waals surface area contributed by atoms with Crippen molar-refractivity contribution in [2.24, 2.45) is 5.92 Å². The van der Waals surface area contributed by atoms with E-state index in [-0.39, 0.29) is 36.0 Å². The minimum atomic E-state index is -0.991. The number of anilines is 1. The number of rotatable bonds is 4. The Morgan fingerprint density at radius 1 is 1.09 bits per heavy atom. The summed E-state index contributed by atoms with van der Waals surface area (Å²) < 4.78 is 5.44. The van der Waals surface area contributed by atoms with E-state index in [1.165, 1.54) is 0 Å². The van der Waals surface area contributed by atoms with Crippen LogP contribution >= 0.6 is 0 Å². The zero-order valence-electron chi connectivity index (χ0n) is 19.7. The average Bonchev–Trinajstić information content (AvgIpc) is 3.02. The molecule has 1 unspecified atom stereocenters. The fourth-order valence-electron chi connectivity index (χ4n) is 4.56. The molecular weight excluding hydrogens is 440 g/mol. The van der Waals surface area contributed by atoms with Gasteiger partial charge in [-0.25, -0.2) is 4.79 Å². The van der Waals surface area contributed by atoms with Crippen molar-refractivity contribution in [3.8, 4) is 0 Å². The Balaban J connectivity index is 1.39. The second kappa shape index (κ2) is 9.08. The molecule has 2 N–H and O–H groups in total. The van der Waals surface area contributed by atoms with Gasteiger partial charge in [-0.1, -0.05) is 6.07 Å². The van der Waals surface area contributed by atoms with Crippen LogP contribution in [-0.2, 0) is 14.3 Å². The second-order valence-corrected chi connectivity index (χ2v) is 9.97. The summed E-state index contributed by atoms with van der Waals surface area (Å²) in [5.41, 5.74) is 0.512. The number of hydrogen-bond donors (Lipinski definition) is 2. The predicted octanol–water partition coefficient (Wildman–Crippen LogP) is 2.15. The van der Waals surface area contributed by atoms with Crippen molar-refractivity contribution in [2.75, 3.05) is 25.0 Å². The Bertz CT molecular complexity index is 1040. The molecule has 10 nitrogen and oxygen atoms in total. The zero-order chi connectivity index (χ0) is 24.6. The number of hydrogen-bond acceptors (Lipinski definition) is 7. The highest BCUT2D eigenvalue weighted by molar-refractivity contribution is 6.25. The first-order valence-corrected chi connectivity index (χ1v) is 11.6. The highest BCUT2D eigenvalue weighted by Crippen LogP contribution is 2.33. The molecule has 0 radical (unpaired) electrons. The first-order valence-electron chi connectivity index (χ1n) is 11.6. The van der Waals surface area contributed by atoms with E-state index in [2.05, 4.69) is 10.6 Å². The van der Waals surface area contributed by atoms with Crippen LogP contribution in [0.1, 0.15) is 67.2 Å². The lowest BCUT2D eigenvalue weighted by Crippen LogP contribution is -2.54. The van der Waals surface area contributed by atoms with Gasteiger partial charge in [-0.05, 0) is 58.1 Å². The lowest BCUT2D eigenvalue weighted by atomic mass is 9.96.